The Morgan fingerprint density at radius 1 is 1.35 bits per heavy atom. The summed E-state index contributed by atoms with van der Waals surface area (Å²) in [6, 6.07) is 5.46. The summed E-state index contributed by atoms with van der Waals surface area (Å²) >= 11 is 0. The number of para-hydroxylation sites is 1. The number of nitrogens with one attached hydrogen (secondary N) is 1. The maximum absolute atomic E-state index is 13.2. The van der Waals surface area contributed by atoms with Gasteiger partial charge in [0.05, 0.1) is 11.3 Å². The zero-order chi connectivity index (χ0) is 18.8. The minimum Gasteiger partial charge on any atom is -0.347 e. The lowest BCUT2D eigenvalue weighted by atomic mass is 10.1. The van der Waals surface area contributed by atoms with Crippen molar-refractivity contribution in [3.8, 4) is 5.69 Å². The van der Waals surface area contributed by atoms with Crippen LogP contribution in [0.1, 0.15) is 28.7 Å². The summed E-state index contributed by atoms with van der Waals surface area (Å²) in [6.45, 7) is 3.21. The van der Waals surface area contributed by atoms with Crippen molar-refractivity contribution in [1.29, 1.82) is 0 Å². The predicted octanol–water partition coefficient (Wildman–Crippen LogP) is 2.06. The molecule has 6 nitrogen and oxygen atoms in total. The largest absolute Gasteiger partial charge is 0.418 e. The van der Waals surface area contributed by atoms with E-state index in [0.29, 0.717) is 0 Å². The Balaban J connectivity index is 0.00000338. The van der Waals surface area contributed by atoms with E-state index in [1.807, 2.05) is 0 Å². The zero-order valence-corrected chi connectivity index (χ0v) is 14.8. The summed E-state index contributed by atoms with van der Waals surface area (Å²) < 4.78 is 40.6. The fourth-order valence-electron chi connectivity index (χ4n) is 2.20. The minimum atomic E-state index is -4.61. The number of aromatic nitrogens is 2. The first-order chi connectivity index (χ1) is 11.6. The van der Waals surface area contributed by atoms with Crippen molar-refractivity contribution in [3.05, 3.63) is 57.5 Å². The van der Waals surface area contributed by atoms with Crippen LogP contribution in [0.3, 0.4) is 0 Å². The molecule has 1 aromatic heterocycles. The van der Waals surface area contributed by atoms with Gasteiger partial charge in [0.25, 0.3) is 5.91 Å². The maximum atomic E-state index is 13.2. The molecule has 142 valence electrons. The molecule has 0 fully saturated rings. The Hall–Kier alpha value is -2.39. The lowest BCUT2D eigenvalue weighted by molar-refractivity contribution is -0.137. The van der Waals surface area contributed by atoms with Gasteiger partial charge in [0.1, 0.15) is 0 Å². The van der Waals surface area contributed by atoms with Crippen LogP contribution in [0.15, 0.2) is 35.1 Å². The molecule has 0 aliphatic rings. The first-order valence-electron chi connectivity index (χ1n) is 7.43. The smallest absolute Gasteiger partial charge is 0.347 e. The fourth-order valence-corrected chi connectivity index (χ4v) is 2.20. The van der Waals surface area contributed by atoms with Crippen LogP contribution in [-0.2, 0) is 6.18 Å². The Kier molecular flexibility index (Phi) is 6.93. The number of benzene rings is 1. The molecule has 0 saturated heterocycles. The van der Waals surface area contributed by atoms with Gasteiger partial charge in [0.15, 0.2) is 5.69 Å². The van der Waals surface area contributed by atoms with Crippen molar-refractivity contribution < 1.29 is 18.0 Å². The average molecular weight is 391 g/mol. The first kappa shape index (κ1) is 21.7. The topological polar surface area (TPSA) is 90.0 Å². The fraction of sp³-hybridized carbons (Fsp3) is 0.312. The molecule has 1 amide bonds. The molecule has 2 rings (SSSR count). The number of amides is 1. The van der Waals surface area contributed by atoms with Crippen LogP contribution in [0.25, 0.3) is 5.69 Å². The standard InChI is InChI=1S/C16H17F3N4O2.ClH/c1-9(8-20)21-15(25)14-13(24)7-10(2)23(22-14)12-6-4-3-5-11(12)16(17,18)19;/h3-7,9H,8,20H2,1-2H3,(H,21,25);1H/t9-;/m0./s1. The Labute approximate surface area is 153 Å². The quantitative estimate of drug-likeness (QED) is 0.836. The zero-order valence-electron chi connectivity index (χ0n) is 14.0. The second-order valence-electron chi connectivity index (χ2n) is 5.54. The number of halogens is 4. The summed E-state index contributed by atoms with van der Waals surface area (Å²) in [5.41, 5.74) is 3.21. The van der Waals surface area contributed by atoms with E-state index in [1.54, 1.807) is 6.92 Å². The summed E-state index contributed by atoms with van der Waals surface area (Å²) in [7, 11) is 0. The molecule has 0 unspecified atom stereocenters. The summed E-state index contributed by atoms with van der Waals surface area (Å²) in [5.74, 6) is -0.791. The van der Waals surface area contributed by atoms with E-state index >= 15 is 0 Å². The highest BCUT2D eigenvalue weighted by Gasteiger charge is 2.34. The number of nitrogens with zero attached hydrogens (tertiary/aromatic N) is 2. The molecule has 2 aromatic rings. The molecule has 1 atom stereocenters. The monoisotopic (exact) mass is 390 g/mol. The molecular weight excluding hydrogens is 373 g/mol. The van der Waals surface area contributed by atoms with E-state index in [0.717, 1.165) is 16.8 Å². The average Bonchev–Trinajstić information content (AvgIpc) is 2.53. The minimum absolute atomic E-state index is 0. The normalized spacial score (nSPS) is 12.2. The van der Waals surface area contributed by atoms with E-state index in [-0.39, 0.29) is 30.3 Å². The van der Waals surface area contributed by atoms with E-state index < -0.39 is 34.8 Å². The highest BCUT2D eigenvalue weighted by atomic mass is 35.5. The Morgan fingerprint density at radius 3 is 2.54 bits per heavy atom. The second-order valence-corrected chi connectivity index (χ2v) is 5.54. The van der Waals surface area contributed by atoms with E-state index in [2.05, 4.69) is 10.4 Å². The van der Waals surface area contributed by atoms with Crippen LogP contribution >= 0.6 is 12.4 Å². The number of rotatable bonds is 4. The van der Waals surface area contributed by atoms with E-state index in [4.69, 9.17) is 5.73 Å². The van der Waals surface area contributed by atoms with E-state index in [1.165, 1.54) is 25.1 Å². The third-order valence-corrected chi connectivity index (χ3v) is 3.49. The van der Waals surface area contributed by atoms with Gasteiger partial charge in [-0.25, -0.2) is 4.68 Å². The molecule has 0 radical (unpaired) electrons. The molecule has 3 N–H and O–H groups in total. The van der Waals surface area contributed by atoms with Crippen molar-refractivity contribution in [2.45, 2.75) is 26.1 Å². The number of aryl methyl sites for hydroxylation is 1. The lowest BCUT2D eigenvalue weighted by Gasteiger charge is -2.17. The molecule has 0 saturated carbocycles. The van der Waals surface area contributed by atoms with Crippen molar-refractivity contribution in [2.75, 3.05) is 6.54 Å². The van der Waals surface area contributed by atoms with Gasteiger partial charge < -0.3 is 11.1 Å². The van der Waals surface area contributed by atoms with Gasteiger partial charge in [-0.05, 0) is 26.0 Å². The van der Waals surface area contributed by atoms with Crippen LogP contribution in [0.5, 0.6) is 0 Å². The summed E-state index contributed by atoms with van der Waals surface area (Å²) in [6.07, 6.45) is -4.61. The molecule has 0 aliphatic heterocycles. The second kappa shape index (κ2) is 8.33. The summed E-state index contributed by atoms with van der Waals surface area (Å²) in [5, 5.41) is 6.32. The SMILES string of the molecule is Cc1cc(=O)c(C(=O)N[C@@H](C)CN)nn1-c1ccccc1C(F)(F)F.Cl. The molecule has 0 spiro atoms. The van der Waals surface area contributed by atoms with Gasteiger partial charge in [-0.15, -0.1) is 12.4 Å². The molecule has 0 aliphatic carbocycles. The van der Waals surface area contributed by atoms with Gasteiger partial charge in [-0.1, -0.05) is 12.1 Å². The number of hydrogen-bond donors (Lipinski definition) is 2. The van der Waals surface area contributed by atoms with Gasteiger partial charge >= 0.3 is 6.18 Å². The Bertz CT molecular complexity index is 852. The third kappa shape index (κ3) is 4.61. The lowest BCUT2D eigenvalue weighted by Crippen LogP contribution is -2.40. The molecular formula is C16H18ClF3N4O2. The predicted molar refractivity (Wildman–Crippen MR) is 92.8 cm³/mol. The number of nitrogens with two attached hydrogens (primary N) is 1. The van der Waals surface area contributed by atoms with Gasteiger partial charge in [0.2, 0.25) is 5.43 Å². The van der Waals surface area contributed by atoms with Crippen LogP contribution in [0.2, 0.25) is 0 Å². The van der Waals surface area contributed by atoms with Crippen molar-refractivity contribution >= 4 is 18.3 Å². The highest BCUT2D eigenvalue weighted by molar-refractivity contribution is 5.92. The van der Waals surface area contributed by atoms with Crippen LogP contribution in [-0.4, -0.2) is 28.3 Å². The van der Waals surface area contributed by atoms with Crippen molar-refractivity contribution in [1.82, 2.24) is 15.1 Å². The summed E-state index contributed by atoms with van der Waals surface area (Å²) in [4.78, 5) is 24.2. The molecule has 26 heavy (non-hydrogen) atoms. The van der Waals surface area contributed by atoms with Crippen molar-refractivity contribution in [2.24, 2.45) is 5.73 Å². The highest BCUT2D eigenvalue weighted by Crippen LogP contribution is 2.33. The number of carbonyl (C=O) groups excluding carboxylic acids is 1. The third-order valence-electron chi connectivity index (χ3n) is 3.49. The van der Waals surface area contributed by atoms with Crippen LogP contribution < -0.4 is 16.5 Å². The van der Waals surface area contributed by atoms with Crippen LogP contribution in [0.4, 0.5) is 13.2 Å². The number of alkyl halides is 3. The van der Waals surface area contributed by atoms with E-state index in [9.17, 15) is 22.8 Å². The maximum Gasteiger partial charge on any atom is 0.418 e. The number of carbonyl (C=O) groups is 1. The molecule has 1 heterocycles. The van der Waals surface area contributed by atoms with Gasteiger partial charge in [0, 0.05) is 24.3 Å². The number of hydrogen-bond acceptors (Lipinski definition) is 4. The van der Waals surface area contributed by atoms with Gasteiger partial charge in [-0.3, -0.25) is 9.59 Å². The Morgan fingerprint density at radius 2 is 1.96 bits per heavy atom. The first-order valence-corrected chi connectivity index (χ1v) is 7.43. The van der Waals surface area contributed by atoms with Crippen molar-refractivity contribution in [3.63, 3.8) is 0 Å². The van der Waals surface area contributed by atoms with Crippen LogP contribution in [0, 0.1) is 6.92 Å². The van der Waals surface area contributed by atoms with Gasteiger partial charge in [-0.2, -0.15) is 18.3 Å². The molecule has 10 heteroatoms. The molecule has 0 bridgehead atoms. The molecule has 1 aromatic carbocycles.